The number of esters is 1. The van der Waals surface area contributed by atoms with Crippen LogP contribution in [0.15, 0.2) is 40.8 Å². The first-order valence-electron chi connectivity index (χ1n) is 8.96. The van der Waals surface area contributed by atoms with Crippen LogP contribution in [0, 0.1) is 6.92 Å². The van der Waals surface area contributed by atoms with Crippen LogP contribution >= 0.6 is 0 Å². The standard InChI is InChI=1S/C20H26N4O5/c1-12(21-22-19(27)29-20(3,4)5)16(18(26)28-6)15-13(2)23-24(17(15)25)14-10-8-7-9-11-14/h7-11,21,23H,1-6H3,(H,22,27)/b16-12-. The molecule has 0 saturated carbocycles. The number of aryl methyl sites for hydroxylation is 1. The van der Waals surface area contributed by atoms with Crippen LogP contribution in [0.25, 0.3) is 11.3 Å². The van der Waals surface area contributed by atoms with Gasteiger partial charge in [-0.3, -0.25) is 15.3 Å². The lowest BCUT2D eigenvalue weighted by molar-refractivity contribution is -0.133. The van der Waals surface area contributed by atoms with Crippen LogP contribution < -0.4 is 16.4 Å². The van der Waals surface area contributed by atoms with Crippen LogP contribution in [0.4, 0.5) is 4.79 Å². The second kappa shape index (κ2) is 8.68. The van der Waals surface area contributed by atoms with E-state index in [1.807, 2.05) is 6.07 Å². The van der Waals surface area contributed by atoms with Gasteiger partial charge in [-0.25, -0.2) is 19.7 Å². The Bertz CT molecular complexity index is 981. The molecule has 0 atom stereocenters. The number of hydrazine groups is 1. The number of para-hydroxylation sites is 1. The number of ether oxygens (including phenoxy) is 2. The van der Waals surface area contributed by atoms with Crippen molar-refractivity contribution in [2.75, 3.05) is 7.11 Å². The van der Waals surface area contributed by atoms with Crippen molar-refractivity contribution in [2.45, 2.75) is 40.2 Å². The van der Waals surface area contributed by atoms with E-state index in [1.54, 1.807) is 58.9 Å². The first-order valence-corrected chi connectivity index (χ1v) is 8.96. The van der Waals surface area contributed by atoms with Gasteiger partial charge in [0, 0.05) is 11.4 Å². The molecule has 0 bridgehead atoms. The Morgan fingerprint density at radius 1 is 1.10 bits per heavy atom. The van der Waals surface area contributed by atoms with Gasteiger partial charge in [0.15, 0.2) is 0 Å². The number of nitrogens with one attached hydrogen (secondary N) is 3. The molecule has 1 aromatic carbocycles. The summed E-state index contributed by atoms with van der Waals surface area (Å²) in [5, 5.41) is 2.96. The van der Waals surface area contributed by atoms with Crippen molar-refractivity contribution in [3.63, 3.8) is 0 Å². The molecule has 156 valence electrons. The fraction of sp³-hybridized carbons (Fsp3) is 0.350. The number of carbonyl (C=O) groups excluding carboxylic acids is 2. The quantitative estimate of drug-likeness (QED) is 0.402. The number of rotatable bonds is 5. The van der Waals surface area contributed by atoms with E-state index >= 15 is 0 Å². The Morgan fingerprint density at radius 2 is 1.72 bits per heavy atom. The summed E-state index contributed by atoms with van der Waals surface area (Å²) in [7, 11) is 1.22. The second-order valence-corrected chi connectivity index (χ2v) is 7.33. The molecule has 3 N–H and O–H groups in total. The zero-order valence-corrected chi connectivity index (χ0v) is 17.4. The highest BCUT2D eigenvalue weighted by Gasteiger charge is 2.25. The van der Waals surface area contributed by atoms with Crippen LogP contribution in [0.3, 0.4) is 0 Å². The fourth-order valence-corrected chi connectivity index (χ4v) is 2.66. The number of methoxy groups -OCH3 is 1. The van der Waals surface area contributed by atoms with Crippen molar-refractivity contribution < 1.29 is 19.1 Å². The summed E-state index contributed by atoms with van der Waals surface area (Å²) < 4.78 is 11.3. The summed E-state index contributed by atoms with van der Waals surface area (Å²) in [6, 6.07) is 8.95. The van der Waals surface area contributed by atoms with E-state index in [4.69, 9.17) is 9.47 Å². The highest BCUT2D eigenvalue weighted by Crippen LogP contribution is 2.20. The van der Waals surface area contributed by atoms with Crippen molar-refractivity contribution in [1.29, 1.82) is 0 Å². The molecule has 0 saturated heterocycles. The maximum atomic E-state index is 13.0. The summed E-state index contributed by atoms with van der Waals surface area (Å²) in [5.74, 6) is -0.722. The van der Waals surface area contributed by atoms with E-state index in [0.717, 1.165) is 0 Å². The molecule has 0 aliphatic heterocycles. The van der Waals surface area contributed by atoms with Gasteiger partial charge < -0.3 is 9.47 Å². The Kier molecular flexibility index (Phi) is 6.53. The van der Waals surface area contributed by atoms with E-state index in [0.29, 0.717) is 11.4 Å². The zero-order chi connectivity index (χ0) is 21.8. The molecular formula is C20H26N4O5. The van der Waals surface area contributed by atoms with Gasteiger partial charge in [0.1, 0.15) is 5.60 Å². The average Bonchev–Trinajstić information content (AvgIpc) is 2.94. The lowest BCUT2D eigenvalue weighted by atomic mass is 10.1. The predicted molar refractivity (Wildman–Crippen MR) is 108 cm³/mol. The molecule has 0 aliphatic carbocycles. The predicted octanol–water partition coefficient (Wildman–Crippen LogP) is 2.41. The number of allylic oxidation sites excluding steroid dienone is 1. The SMILES string of the molecule is COC(=O)/C(=C(/C)NNC(=O)OC(C)(C)C)c1c(C)[nH]n(-c2ccccc2)c1=O. The third-order valence-electron chi connectivity index (χ3n) is 3.85. The van der Waals surface area contributed by atoms with Crippen LogP contribution in [0.5, 0.6) is 0 Å². The van der Waals surface area contributed by atoms with Crippen molar-refractivity contribution in [3.05, 3.63) is 57.6 Å². The largest absolute Gasteiger partial charge is 0.465 e. The lowest BCUT2D eigenvalue weighted by Gasteiger charge is -2.20. The van der Waals surface area contributed by atoms with Crippen LogP contribution in [-0.4, -0.2) is 34.6 Å². The molecule has 2 aromatic rings. The third kappa shape index (κ3) is 5.28. The molecule has 1 heterocycles. The van der Waals surface area contributed by atoms with Gasteiger partial charge in [-0.15, -0.1) is 0 Å². The Hall–Kier alpha value is -3.49. The van der Waals surface area contributed by atoms with E-state index in [2.05, 4.69) is 16.0 Å². The molecule has 29 heavy (non-hydrogen) atoms. The van der Waals surface area contributed by atoms with Crippen molar-refractivity contribution >= 4 is 17.6 Å². The van der Waals surface area contributed by atoms with Crippen LogP contribution in [0.2, 0.25) is 0 Å². The normalized spacial score (nSPS) is 12.1. The van der Waals surface area contributed by atoms with Gasteiger partial charge >= 0.3 is 12.1 Å². The topological polar surface area (TPSA) is 114 Å². The van der Waals surface area contributed by atoms with Gasteiger partial charge in [-0.05, 0) is 46.8 Å². The van der Waals surface area contributed by atoms with Gasteiger partial charge in [-0.2, -0.15) is 0 Å². The Morgan fingerprint density at radius 3 is 2.28 bits per heavy atom. The van der Waals surface area contributed by atoms with E-state index in [9.17, 15) is 14.4 Å². The molecule has 9 heteroatoms. The van der Waals surface area contributed by atoms with Gasteiger partial charge in [0.25, 0.3) is 5.56 Å². The van der Waals surface area contributed by atoms with Gasteiger partial charge in [-0.1, -0.05) is 18.2 Å². The van der Waals surface area contributed by atoms with Crippen molar-refractivity contribution in [3.8, 4) is 5.69 Å². The van der Waals surface area contributed by atoms with Gasteiger partial charge in [0.2, 0.25) is 0 Å². The number of nitrogens with zero attached hydrogens (tertiary/aromatic N) is 1. The number of benzene rings is 1. The summed E-state index contributed by atoms with van der Waals surface area (Å²) in [4.78, 5) is 37.4. The number of amides is 1. The first-order chi connectivity index (χ1) is 13.5. The maximum Gasteiger partial charge on any atom is 0.426 e. The highest BCUT2D eigenvalue weighted by molar-refractivity contribution is 6.17. The monoisotopic (exact) mass is 402 g/mol. The number of carbonyl (C=O) groups is 2. The summed E-state index contributed by atoms with van der Waals surface area (Å²) in [6.07, 6.45) is -0.728. The maximum absolute atomic E-state index is 13.0. The molecule has 0 aliphatic rings. The molecule has 0 radical (unpaired) electrons. The van der Waals surface area contributed by atoms with E-state index in [1.165, 1.54) is 11.8 Å². The second-order valence-electron chi connectivity index (χ2n) is 7.33. The number of H-pyrrole nitrogens is 1. The molecule has 9 nitrogen and oxygen atoms in total. The number of hydrogen-bond donors (Lipinski definition) is 3. The summed E-state index contributed by atoms with van der Waals surface area (Å²) in [6.45, 7) is 8.40. The number of aromatic nitrogens is 2. The fourth-order valence-electron chi connectivity index (χ4n) is 2.66. The van der Waals surface area contributed by atoms with Crippen LogP contribution in [-0.2, 0) is 14.3 Å². The molecule has 2 rings (SSSR count). The Labute approximate surface area is 168 Å². The smallest absolute Gasteiger partial charge is 0.426 e. The number of hydrogen-bond acceptors (Lipinski definition) is 6. The molecule has 1 aromatic heterocycles. The van der Waals surface area contributed by atoms with Crippen molar-refractivity contribution in [1.82, 2.24) is 20.6 Å². The number of aromatic amines is 1. The third-order valence-corrected chi connectivity index (χ3v) is 3.85. The molecule has 0 fully saturated rings. The lowest BCUT2D eigenvalue weighted by Crippen LogP contribution is -2.41. The minimum Gasteiger partial charge on any atom is -0.465 e. The minimum absolute atomic E-state index is 0.00279. The van der Waals surface area contributed by atoms with Crippen molar-refractivity contribution in [2.24, 2.45) is 0 Å². The molecule has 0 unspecified atom stereocenters. The van der Waals surface area contributed by atoms with Crippen LogP contribution in [0.1, 0.15) is 39.0 Å². The zero-order valence-electron chi connectivity index (χ0n) is 17.4. The highest BCUT2D eigenvalue weighted by atomic mass is 16.6. The van der Waals surface area contributed by atoms with E-state index < -0.39 is 23.2 Å². The van der Waals surface area contributed by atoms with Gasteiger partial charge in [0.05, 0.1) is 23.9 Å². The summed E-state index contributed by atoms with van der Waals surface area (Å²) in [5.41, 5.74) is 5.30. The molecule has 1 amide bonds. The minimum atomic E-state index is -0.728. The Balaban J connectivity index is 2.44. The average molecular weight is 402 g/mol. The first kappa shape index (κ1) is 21.8. The molecular weight excluding hydrogens is 376 g/mol. The molecule has 0 spiro atoms. The summed E-state index contributed by atoms with van der Waals surface area (Å²) >= 11 is 0. The van der Waals surface area contributed by atoms with E-state index in [-0.39, 0.29) is 16.8 Å².